The van der Waals surface area contributed by atoms with Crippen LogP contribution in [0.25, 0.3) is 0 Å². The molecule has 1 unspecified atom stereocenters. The van der Waals surface area contributed by atoms with Gasteiger partial charge in [-0.3, -0.25) is 0 Å². The van der Waals surface area contributed by atoms with Crippen molar-refractivity contribution in [3.63, 3.8) is 0 Å². The van der Waals surface area contributed by atoms with E-state index in [1.165, 1.54) is 49.8 Å². The highest BCUT2D eigenvalue weighted by Crippen LogP contribution is 2.68. The molecule has 1 saturated heterocycles. The van der Waals surface area contributed by atoms with Crippen LogP contribution in [0.4, 0.5) is 0 Å². The average Bonchev–Trinajstić information content (AvgIpc) is 3.22. The highest BCUT2D eigenvalue weighted by Gasteiger charge is 2.57. The lowest BCUT2D eigenvalue weighted by atomic mass is 9.47. The molecule has 0 aromatic rings. The van der Waals surface area contributed by atoms with Crippen molar-refractivity contribution in [1.29, 1.82) is 0 Å². The lowest BCUT2D eigenvalue weighted by molar-refractivity contribution is -0.0226. The second-order valence-electron chi connectivity index (χ2n) is 9.34. The van der Waals surface area contributed by atoms with E-state index in [0.717, 1.165) is 30.8 Å². The van der Waals surface area contributed by atoms with Gasteiger partial charge in [0.25, 0.3) is 0 Å². The molecule has 0 N–H and O–H groups in total. The Balaban J connectivity index is 1.49. The summed E-state index contributed by atoms with van der Waals surface area (Å²) in [5, 5.41) is 0. The van der Waals surface area contributed by atoms with Crippen molar-refractivity contribution in [3.8, 4) is 0 Å². The van der Waals surface area contributed by atoms with Crippen LogP contribution in [0.1, 0.15) is 65.2 Å². The van der Waals surface area contributed by atoms with Crippen molar-refractivity contribution in [3.05, 3.63) is 22.1 Å². The van der Waals surface area contributed by atoms with Crippen molar-refractivity contribution in [2.75, 3.05) is 6.61 Å². The van der Waals surface area contributed by atoms with Crippen molar-refractivity contribution >= 4 is 36.5 Å². The summed E-state index contributed by atoms with van der Waals surface area (Å²) in [7, 11) is 0.636. The first-order valence-electron chi connectivity index (χ1n) is 10.0. The van der Waals surface area contributed by atoms with Gasteiger partial charge in [0.15, 0.2) is 0 Å². The van der Waals surface area contributed by atoms with E-state index >= 15 is 0 Å². The molecule has 1 aliphatic heterocycles. The Kier molecular flexibility index (Phi) is 4.29. The molecule has 5 rings (SSSR count). The molecule has 0 amide bonds. The Morgan fingerprint density at radius 2 is 1.92 bits per heavy atom. The summed E-state index contributed by atoms with van der Waals surface area (Å²) < 4.78 is 5.71. The molecule has 0 radical (unpaired) electrons. The summed E-state index contributed by atoms with van der Waals surface area (Å²) in [6, 6.07) is 0. The minimum atomic E-state index is 0.440. The molecule has 0 spiro atoms. The molecule has 0 aromatic heterocycles. The summed E-state index contributed by atoms with van der Waals surface area (Å²) in [5.74, 6) is 2.73. The third kappa shape index (κ3) is 2.52. The van der Waals surface area contributed by atoms with Gasteiger partial charge in [0.1, 0.15) is 0 Å². The Morgan fingerprint density at radius 1 is 1.08 bits per heavy atom. The molecule has 136 valence electrons. The van der Waals surface area contributed by atoms with E-state index in [0.29, 0.717) is 18.8 Å². The van der Waals surface area contributed by atoms with Gasteiger partial charge in [-0.1, -0.05) is 48.6 Å². The fraction of sp³-hybridized carbons (Fsp3) is 0.762. The van der Waals surface area contributed by atoms with Gasteiger partial charge in [-0.25, -0.2) is 0 Å². The van der Waals surface area contributed by atoms with E-state index in [1.54, 1.807) is 16.1 Å². The third-order valence-corrected chi connectivity index (χ3v) is 11.1. The predicted octanol–water partition coefficient (Wildman–Crippen LogP) is 6.85. The van der Waals surface area contributed by atoms with Crippen molar-refractivity contribution in [1.82, 2.24) is 0 Å². The Labute approximate surface area is 163 Å². The van der Waals surface area contributed by atoms with Gasteiger partial charge in [0.2, 0.25) is 0 Å². The smallest absolute Gasteiger partial charge is 0.0830 e. The number of fused-ring (bicyclic) bond motifs is 5. The molecule has 4 aliphatic carbocycles. The molecule has 25 heavy (non-hydrogen) atoms. The van der Waals surface area contributed by atoms with Gasteiger partial charge in [0, 0.05) is 9.77 Å². The number of hydrogen-bond acceptors (Lipinski definition) is 3. The second kappa shape index (κ2) is 6.16. The van der Waals surface area contributed by atoms with Crippen molar-refractivity contribution < 1.29 is 4.52 Å². The van der Waals surface area contributed by atoms with Crippen molar-refractivity contribution in [2.45, 2.75) is 65.2 Å². The van der Waals surface area contributed by atoms with Crippen LogP contribution in [0.5, 0.6) is 0 Å². The predicted molar refractivity (Wildman–Crippen MR) is 113 cm³/mol. The number of thiocarbonyl (C=S) groups is 1. The fourth-order valence-corrected chi connectivity index (χ4v) is 9.67. The molecular weight excluding hydrogens is 363 g/mol. The quantitative estimate of drug-likeness (QED) is 0.330. The fourth-order valence-electron chi connectivity index (χ4n) is 7.18. The molecule has 4 heteroatoms. The van der Waals surface area contributed by atoms with Gasteiger partial charge >= 0.3 is 0 Å². The number of hydrogen-bond donors (Lipinski definition) is 0. The summed E-state index contributed by atoms with van der Waals surface area (Å²) >= 11 is 7.55. The van der Waals surface area contributed by atoms with Crippen LogP contribution in [-0.4, -0.2) is 11.5 Å². The highest BCUT2D eigenvalue weighted by atomic mass is 32.7. The number of rotatable bonds is 0. The first-order chi connectivity index (χ1) is 12.0. The van der Waals surface area contributed by atoms with Gasteiger partial charge in [-0.05, 0) is 86.0 Å². The first kappa shape index (κ1) is 17.4. The summed E-state index contributed by atoms with van der Waals surface area (Å²) in [6.45, 7) is 6.09. The molecule has 1 heterocycles. The zero-order chi connectivity index (χ0) is 17.2. The van der Waals surface area contributed by atoms with E-state index < -0.39 is 0 Å². The van der Waals surface area contributed by atoms with Crippen LogP contribution >= 0.6 is 31.6 Å². The molecule has 4 fully saturated rings. The maximum absolute atomic E-state index is 5.71. The zero-order valence-electron chi connectivity index (χ0n) is 15.4. The van der Waals surface area contributed by atoms with Crippen LogP contribution in [0.15, 0.2) is 22.1 Å². The minimum Gasteiger partial charge on any atom is -0.346 e. The largest absolute Gasteiger partial charge is 0.346 e. The Hall–Kier alpha value is 0.310. The van der Waals surface area contributed by atoms with Crippen LogP contribution in [0, 0.1) is 28.6 Å². The molecule has 6 atom stereocenters. The SMILES string of the molecule is C[C@]12CCC(=S)C=C1CC[C@@H]1[C@@H]2CC[C@]2(C)C(=C3COPS3)CC[C@@H]12. The molecule has 0 bridgehead atoms. The molecule has 5 aliphatic rings. The van der Waals surface area contributed by atoms with E-state index in [2.05, 4.69) is 19.9 Å². The van der Waals surface area contributed by atoms with Crippen LogP contribution in [0.2, 0.25) is 0 Å². The second-order valence-corrected chi connectivity index (χ2v) is 12.1. The summed E-state index contributed by atoms with van der Waals surface area (Å²) in [4.78, 5) is 2.81. The monoisotopic (exact) mass is 392 g/mol. The standard InChI is InChI=1S/C21H29OPS2/c1-20-9-7-14(24)11-13(20)3-4-15-16-5-6-18(19-12-22-23-25-19)21(16,2)10-8-17(15)20/h11,15-17,23H,3-10,12H2,1-2H3/t15-,16-,17-,20-,21-/m0/s1. The topological polar surface area (TPSA) is 9.23 Å². The number of allylic oxidation sites excluding steroid dienone is 3. The van der Waals surface area contributed by atoms with E-state index in [4.69, 9.17) is 16.7 Å². The van der Waals surface area contributed by atoms with Crippen LogP contribution in [-0.2, 0) is 4.52 Å². The normalized spacial score (nSPS) is 50.4. The van der Waals surface area contributed by atoms with Gasteiger partial charge < -0.3 is 4.52 Å². The van der Waals surface area contributed by atoms with Crippen LogP contribution < -0.4 is 0 Å². The molecule has 0 aromatic carbocycles. The lowest BCUT2D eigenvalue weighted by Gasteiger charge is -2.57. The average molecular weight is 393 g/mol. The van der Waals surface area contributed by atoms with Gasteiger partial charge in [0.05, 0.1) is 14.6 Å². The highest BCUT2D eigenvalue weighted by molar-refractivity contribution is 8.50. The Bertz CT molecular complexity index is 675. The molecule has 3 saturated carbocycles. The maximum atomic E-state index is 5.71. The minimum absolute atomic E-state index is 0.440. The lowest BCUT2D eigenvalue weighted by Crippen LogP contribution is -2.49. The van der Waals surface area contributed by atoms with E-state index in [-0.39, 0.29) is 0 Å². The van der Waals surface area contributed by atoms with Crippen LogP contribution in [0.3, 0.4) is 0 Å². The Morgan fingerprint density at radius 3 is 2.72 bits per heavy atom. The zero-order valence-corrected chi connectivity index (χ0v) is 18.0. The third-order valence-electron chi connectivity index (χ3n) is 8.51. The van der Waals surface area contributed by atoms with E-state index in [1.807, 2.05) is 11.4 Å². The summed E-state index contributed by atoms with van der Waals surface area (Å²) in [6.07, 6.45) is 13.1. The molecule has 1 nitrogen and oxygen atoms in total. The first-order valence-corrected chi connectivity index (χ1v) is 12.9. The van der Waals surface area contributed by atoms with Gasteiger partial charge in [-0.2, -0.15) is 0 Å². The maximum Gasteiger partial charge on any atom is 0.0830 e. The van der Waals surface area contributed by atoms with Crippen molar-refractivity contribution in [2.24, 2.45) is 28.6 Å². The summed E-state index contributed by atoms with van der Waals surface area (Å²) in [5.41, 5.74) is 4.39. The van der Waals surface area contributed by atoms with Gasteiger partial charge in [-0.15, -0.1) is 0 Å². The van der Waals surface area contributed by atoms with E-state index in [9.17, 15) is 0 Å². The molecular formula is C21H29OPS2.